The van der Waals surface area contributed by atoms with Gasteiger partial charge in [0.2, 0.25) is 0 Å². The molecule has 1 amide bonds. The number of nitrogens with zero attached hydrogens (tertiary/aromatic N) is 3. The predicted octanol–water partition coefficient (Wildman–Crippen LogP) is 1.63. The van der Waals surface area contributed by atoms with Crippen LogP contribution in [-0.2, 0) is 6.54 Å². The molecule has 0 aromatic carbocycles. The molecule has 2 heterocycles. The Morgan fingerprint density at radius 3 is 2.67 bits per heavy atom. The smallest absolute Gasteiger partial charge is 0.287 e. The maximum atomic E-state index is 12.8. The average molecular weight is 294 g/mol. The number of hydrogen-bond donors (Lipinski definition) is 1. The van der Waals surface area contributed by atoms with Gasteiger partial charge in [-0.2, -0.15) is 0 Å². The Kier molecular flexibility index (Phi) is 4.95. The van der Waals surface area contributed by atoms with Crippen molar-refractivity contribution in [3.8, 4) is 0 Å². The van der Waals surface area contributed by atoms with Crippen molar-refractivity contribution in [2.75, 3.05) is 19.6 Å². The van der Waals surface area contributed by atoms with Crippen LogP contribution in [0.15, 0.2) is 12.3 Å². The van der Waals surface area contributed by atoms with Gasteiger partial charge in [-0.15, -0.1) is 0 Å². The molecule has 7 heteroatoms. The second-order valence-electron chi connectivity index (χ2n) is 5.34. The summed E-state index contributed by atoms with van der Waals surface area (Å²) in [6, 6.07) is 1.59. The fourth-order valence-electron chi connectivity index (χ4n) is 2.53. The summed E-state index contributed by atoms with van der Waals surface area (Å²) in [4.78, 5) is 25.1. The Hall–Kier alpha value is -1.89. The highest BCUT2D eigenvalue weighted by Gasteiger charge is 2.31. The summed E-state index contributed by atoms with van der Waals surface area (Å²) in [5, 5.41) is 14.1. The van der Waals surface area contributed by atoms with Gasteiger partial charge in [0.1, 0.15) is 5.69 Å². The van der Waals surface area contributed by atoms with E-state index in [0.29, 0.717) is 18.8 Å². The highest BCUT2D eigenvalue weighted by Crippen LogP contribution is 2.20. The molecule has 0 aliphatic carbocycles. The molecule has 0 bridgehead atoms. The van der Waals surface area contributed by atoms with E-state index >= 15 is 0 Å². The van der Waals surface area contributed by atoms with Crippen molar-refractivity contribution >= 4 is 11.6 Å². The van der Waals surface area contributed by atoms with Gasteiger partial charge in [-0.3, -0.25) is 14.9 Å². The number of rotatable bonds is 7. The lowest BCUT2D eigenvalue weighted by atomic mass is 10.1. The summed E-state index contributed by atoms with van der Waals surface area (Å²) >= 11 is 0. The van der Waals surface area contributed by atoms with E-state index in [0.717, 1.165) is 25.9 Å². The Bertz CT molecular complexity index is 522. The zero-order valence-corrected chi connectivity index (χ0v) is 12.5. The van der Waals surface area contributed by atoms with Crippen LogP contribution in [0, 0.1) is 10.1 Å². The SMILES string of the molecule is CCCN(C(=O)c1cc([N+](=O)[O-])cn1CCC)C1CNC1. The molecule has 1 aliphatic rings. The molecule has 7 nitrogen and oxygen atoms in total. The van der Waals surface area contributed by atoms with Crippen molar-refractivity contribution in [1.82, 2.24) is 14.8 Å². The summed E-state index contributed by atoms with van der Waals surface area (Å²) in [5.41, 5.74) is 0.402. The number of nitro groups is 1. The third-order valence-corrected chi connectivity index (χ3v) is 3.70. The molecule has 1 aliphatic heterocycles. The fourth-order valence-corrected chi connectivity index (χ4v) is 2.53. The van der Waals surface area contributed by atoms with Gasteiger partial charge in [0.25, 0.3) is 11.6 Å². The Morgan fingerprint density at radius 2 is 2.19 bits per heavy atom. The fraction of sp³-hybridized carbons (Fsp3) is 0.643. The van der Waals surface area contributed by atoms with Gasteiger partial charge in [0.15, 0.2) is 0 Å². The van der Waals surface area contributed by atoms with Crippen LogP contribution in [0.2, 0.25) is 0 Å². The van der Waals surface area contributed by atoms with E-state index in [2.05, 4.69) is 5.32 Å². The Labute approximate surface area is 124 Å². The summed E-state index contributed by atoms with van der Waals surface area (Å²) < 4.78 is 1.70. The number of amides is 1. The van der Waals surface area contributed by atoms with Crippen LogP contribution in [0.1, 0.15) is 37.2 Å². The molecule has 0 unspecified atom stereocenters. The summed E-state index contributed by atoms with van der Waals surface area (Å²) in [6.07, 6.45) is 3.16. The third kappa shape index (κ3) is 3.24. The number of aromatic nitrogens is 1. The minimum atomic E-state index is -0.446. The van der Waals surface area contributed by atoms with E-state index in [1.165, 1.54) is 12.3 Å². The zero-order chi connectivity index (χ0) is 15.4. The lowest BCUT2D eigenvalue weighted by molar-refractivity contribution is -0.384. The Balaban J connectivity index is 2.28. The quantitative estimate of drug-likeness (QED) is 0.612. The molecule has 0 atom stereocenters. The highest BCUT2D eigenvalue weighted by molar-refractivity contribution is 5.94. The molecule has 116 valence electrons. The number of carbonyl (C=O) groups excluding carboxylic acids is 1. The molecule has 2 rings (SSSR count). The zero-order valence-electron chi connectivity index (χ0n) is 12.5. The minimum Gasteiger partial charge on any atom is -0.337 e. The van der Waals surface area contributed by atoms with Gasteiger partial charge < -0.3 is 14.8 Å². The lowest BCUT2D eigenvalue weighted by Gasteiger charge is -2.38. The first-order chi connectivity index (χ1) is 10.1. The molecule has 0 saturated carbocycles. The maximum Gasteiger partial charge on any atom is 0.287 e. The summed E-state index contributed by atoms with van der Waals surface area (Å²) in [7, 11) is 0. The van der Waals surface area contributed by atoms with Crippen LogP contribution in [-0.4, -0.2) is 46.0 Å². The topological polar surface area (TPSA) is 80.4 Å². The molecule has 1 saturated heterocycles. The monoisotopic (exact) mass is 294 g/mol. The van der Waals surface area contributed by atoms with Crippen molar-refractivity contribution in [2.45, 2.75) is 39.3 Å². The highest BCUT2D eigenvalue weighted by atomic mass is 16.6. The first-order valence-corrected chi connectivity index (χ1v) is 7.44. The van der Waals surface area contributed by atoms with E-state index in [4.69, 9.17) is 0 Å². The number of hydrogen-bond acceptors (Lipinski definition) is 4. The van der Waals surface area contributed by atoms with Gasteiger partial charge >= 0.3 is 0 Å². The van der Waals surface area contributed by atoms with Crippen LogP contribution < -0.4 is 5.32 Å². The van der Waals surface area contributed by atoms with Crippen molar-refractivity contribution in [2.24, 2.45) is 0 Å². The van der Waals surface area contributed by atoms with Crippen molar-refractivity contribution in [1.29, 1.82) is 0 Å². The third-order valence-electron chi connectivity index (χ3n) is 3.70. The van der Waals surface area contributed by atoms with Gasteiger partial charge in [0.05, 0.1) is 17.2 Å². The molecule has 1 fully saturated rings. The van der Waals surface area contributed by atoms with Gasteiger partial charge in [-0.25, -0.2) is 0 Å². The second-order valence-corrected chi connectivity index (χ2v) is 5.34. The molecular formula is C14H22N4O3. The predicted molar refractivity (Wildman–Crippen MR) is 79.4 cm³/mol. The molecule has 1 N–H and O–H groups in total. The van der Waals surface area contributed by atoms with E-state index in [1.54, 1.807) is 4.57 Å². The molecular weight excluding hydrogens is 272 g/mol. The molecule has 0 radical (unpaired) electrons. The number of carbonyl (C=O) groups is 1. The van der Waals surface area contributed by atoms with Crippen molar-refractivity contribution in [3.05, 3.63) is 28.1 Å². The van der Waals surface area contributed by atoms with Crippen molar-refractivity contribution < 1.29 is 9.72 Å². The second kappa shape index (κ2) is 6.71. The average Bonchev–Trinajstić information content (AvgIpc) is 2.80. The standard InChI is InChI=1S/C14H22N4O3/c1-3-5-16-10-11(18(20)21)7-13(16)14(19)17(6-4-2)12-8-15-9-12/h7,10,12,15H,3-6,8-9H2,1-2H3. The lowest BCUT2D eigenvalue weighted by Crippen LogP contribution is -2.59. The molecule has 1 aromatic heterocycles. The Morgan fingerprint density at radius 1 is 1.48 bits per heavy atom. The molecule has 0 spiro atoms. The van der Waals surface area contributed by atoms with Crippen LogP contribution in [0.5, 0.6) is 0 Å². The van der Waals surface area contributed by atoms with Gasteiger partial charge in [-0.1, -0.05) is 13.8 Å². The van der Waals surface area contributed by atoms with Crippen LogP contribution >= 0.6 is 0 Å². The number of aryl methyl sites for hydroxylation is 1. The van der Waals surface area contributed by atoms with E-state index < -0.39 is 4.92 Å². The van der Waals surface area contributed by atoms with Crippen LogP contribution in [0.3, 0.4) is 0 Å². The number of nitrogens with one attached hydrogen (secondary N) is 1. The van der Waals surface area contributed by atoms with E-state index in [1.807, 2.05) is 18.7 Å². The minimum absolute atomic E-state index is 0.0185. The first kappa shape index (κ1) is 15.5. The van der Waals surface area contributed by atoms with Gasteiger partial charge in [0, 0.05) is 32.2 Å². The van der Waals surface area contributed by atoms with E-state index in [-0.39, 0.29) is 17.6 Å². The van der Waals surface area contributed by atoms with Crippen LogP contribution in [0.4, 0.5) is 5.69 Å². The first-order valence-electron chi connectivity index (χ1n) is 7.44. The van der Waals surface area contributed by atoms with Gasteiger partial charge in [-0.05, 0) is 12.8 Å². The van der Waals surface area contributed by atoms with Crippen molar-refractivity contribution in [3.63, 3.8) is 0 Å². The molecule has 21 heavy (non-hydrogen) atoms. The summed E-state index contributed by atoms with van der Waals surface area (Å²) in [6.45, 7) is 6.89. The molecule has 1 aromatic rings. The maximum absolute atomic E-state index is 12.8. The normalized spacial score (nSPS) is 14.8. The van der Waals surface area contributed by atoms with E-state index in [9.17, 15) is 14.9 Å². The van der Waals surface area contributed by atoms with Crippen LogP contribution in [0.25, 0.3) is 0 Å². The largest absolute Gasteiger partial charge is 0.337 e. The summed E-state index contributed by atoms with van der Waals surface area (Å²) in [5.74, 6) is -0.107.